The quantitative estimate of drug-likeness (QED) is 0.619. The minimum atomic E-state index is -4.85. The van der Waals surface area contributed by atoms with Gasteiger partial charge in [-0.15, -0.1) is 3.89 Å². The van der Waals surface area contributed by atoms with Crippen LogP contribution in [0, 0.1) is 0 Å². The van der Waals surface area contributed by atoms with Crippen LogP contribution in [-0.2, 0) is 15.0 Å². The van der Waals surface area contributed by atoms with Crippen LogP contribution in [0.1, 0.15) is 23.2 Å². The number of nitrogens with zero attached hydrogens (tertiary/aromatic N) is 3. The number of anilines is 1. The molecule has 2 amide bonds. The molecule has 1 aliphatic heterocycles. The Morgan fingerprint density at radius 1 is 1.28 bits per heavy atom. The number of carbonyl (C=O) groups excluding carboxylic acids is 2. The van der Waals surface area contributed by atoms with E-state index in [1.807, 2.05) is 25.1 Å². The standard InChI is InChI=1S/C20H23F3N4O4S/c1-26(2)13-3-4-17-16(9-13)15(5-7-24-17)19(29)25-11-18(28)27-12-20(21,22)10-14(27)6-8-32(23,30)31/h3-5,7,9,14H,6,8,10-12H2,1-2H3,(H,25,29). The summed E-state index contributed by atoms with van der Waals surface area (Å²) < 4.78 is 62.0. The fourth-order valence-corrected chi connectivity index (χ4v) is 4.24. The number of aromatic nitrogens is 1. The number of pyridine rings is 1. The average molecular weight is 472 g/mol. The van der Waals surface area contributed by atoms with Gasteiger partial charge in [-0.1, -0.05) is 0 Å². The summed E-state index contributed by atoms with van der Waals surface area (Å²) in [5.74, 6) is -5.56. The molecule has 1 aliphatic rings. The molecule has 1 atom stereocenters. The molecule has 2 heterocycles. The first-order valence-electron chi connectivity index (χ1n) is 9.80. The molecule has 1 aromatic carbocycles. The summed E-state index contributed by atoms with van der Waals surface area (Å²) in [5.41, 5.74) is 1.67. The van der Waals surface area contributed by atoms with Crippen molar-refractivity contribution in [3.05, 3.63) is 36.0 Å². The summed E-state index contributed by atoms with van der Waals surface area (Å²) in [6.07, 6.45) is 0.240. The van der Waals surface area contributed by atoms with Crippen molar-refractivity contribution in [3.8, 4) is 0 Å². The van der Waals surface area contributed by atoms with Crippen LogP contribution in [0.2, 0.25) is 0 Å². The molecular formula is C20H23F3N4O4S. The Morgan fingerprint density at radius 3 is 2.66 bits per heavy atom. The van der Waals surface area contributed by atoms with E-state index in [0.29, 0.717) is 10.9 Å². The van der Waals surface area contributed by atoms with Crippen LogP contribution in [-0.4, -0.2) is 75.0 Å². The second-order valence-corrected chi connectivity index (χ2v) is 9.39. The first-order chi connectivity index (χ1) is 14.9. The third kappa shape index (κ3) is 5.67. The van der Waals surface area contributed by atoms with Crippen LogP contribution in [0.3, 0.4) is 0 Å². The highest BCUT2D eigenvalue weighted by atomic mass is 32.3. The van der Waals surface area contributed by atoms with Gasteiger partial charge in [-0.3, -0.25) is 14.6 Å². The van der Waals surface area contributed by atoms with Gasteiger partial charge in [-0.05, 0) is 30.7 Å². The number of rotatable bonds is 7. The zero-order valence-electron chi connectivity index (χ0n) is 17.5. The van der Waals surface area contributed by atoms with Gasteiger partial charge in [-0.25, -0.2) is 8.78 Å². The lowest BCUT2D eigenvalue weighted by Crippen LogP contribution is -2.43. The van der Waals surface area contributed by atoms with Crippen molar-refractivity contribution in [2.75, 3.05) is 37.8 Å². The molecule has 174 valence electrons. The Morgan fingerprint density at radius 2 is 2.00 bits per heavy atom. The predicted molar refractivity (Wildman–Crippen MR) is 113 cm³/mol. The number of fused-ring (bicyclic) bond motifs is 1. The molecule has 0 bridgehead atoms. The van der Waals surface area contributed by atoms with Crippen LogP contribution in [0.15, 0.2) is 30.5 Å². The zero-order valence-corrected chi connectivity index (χ0v) is 18.3. The highest BCUT2D eigenvalue weighted by Gasteiger charge is 2.46. The largest absolute Gasteiger partial charge is 0.378 e. The van der Waals surface area contributed by atoms with E-state index in [2.05, 4.69) is 10.3 Å². The van der Waals surface area contributed by atoms with Crippen molar-refractivity contribution in [2.45, 2.75) is 24.8 Å². The minimum Gasteiger partial charge on any atom is -0.378 e. The van der Waals surface area contributed by atoms with Crippen molar-refractivity contribution in [2.24, 2.45) is 0 Å². The van der Waals surface area contributed by atoms with E-state index in [9.17, 15) is 30.7 Å². The number of halogens is 3. The zero-order chi connectivity index (χ0) is 23.7. The van der Waals surface area contributed by atoms with Gasteiger partial charge in [0.25, 0.3) is 11.8 Å². The van der Waals surface area contributed by atoms with Gasteiger partial charge in [0, 0.05) is 43.8 Å². The maximum Gasteiger partial charge on any atom is 0.302 e. The second-order valence-electron chi connectivity index (χ2n) is 7.90. The number of alkyl halides is 2. The van der Waals surface area contributed by atoms with Gasteiger partial charge >= 0.3 is 10.2 Å². The number of amides is 2. The molecule has 8 nitrogen and oxygen atoms in total. The molecule has 0 saturated carbocycles. The lowest BCUT2D eigenvalue weighted by atomic mass is 10.1. The molecule has 1 aromatic heterocycles. The third-order valence-corrected chi connectivity index (χ3v) is 6.00. The number of likely N-dealkylation sites (tertiary alicyclic amines) is 1. The molecule has 1 saturated heterocycles. The summed E-state index contributed by atoms with van der Waals surface area (Å²) in [6.45, 7) is -1.48. The summed E-state index contributed by atoms with van der Waals surface area (Å²) in [5, 5.41) is 2.99. The van der Waals surface area contributed by atoms with Gasteiger partial charge in [-0.2, -0.15) is 8.42 Å². The topological polar surface area (TPSA) is 99.7 Å². The smallest absolute Gasteiger partial charge is 0.302 e. The monoisotopic (exact) mass is 472 g/mol. The van der Waals surface area contributed by atoms with Crippen LogP contribution >= 0.6 is 0 Å². The van der Waals surface area contributed by atoms with E-state index in [4.69, 9.17) is 0 Å². The third-order valence-electron chi connectivity index (χ3n) is 5.28. The lowest BCUT2D eigenvalue weighted by Gasteiger charge is -2.23. The average Bonchev–Trinajstić information content (AvgIpc) is 3.03. The summed E-state index contributed by atoms with van der Waals surface area (Å²) in [6, 6.07) is 5.71. The minimum absolute atomic E-state index is 0.262. The van der Waals surface area contributed by atoms with Gasteiger partial charge in [0.2, 0.25) is 5.91 Å². The molecule has 3 rings (SSSR count). The van der Waals surface area contributed by atoms with Crippen molar-refractivity contribution in [3.63, 3.8) is 0 Å². The molecule has 2 aromatic rings. The molecule has 32 heavy (non-hydrogen) atoms. The maximum atomic E-state index is 13.8. The van der Waals surface area contributed by atoms with Crippen molar-refractivity contribution in [1.29, 1.82) is 0 Å². The van der Waals surface area contributed by atoms with Crippen LogP contribution in [0.5, 0.6) is 0 Å². The molecule has 1 fully saturated rings. The highest BCUT2D eigenvalue weighted by molar-refractivity contribution is 7.86. The molecule has 1 N–H and O–H groups in total. The van der Waals surface area contributed by atoms with E-state index in [0.717, 1.165) is 10.6 Å². The van der Waals surface area contributed by atoms with E-state index >= 15 is 0 Å². The van der Waals surface area contributed by atoms with E-state index < -0.39 is 65.7 Å². The molecule has 0 aliphatic carbocycles. The number of hydrogen-bond acceptors (Lipinski definition) is 6. The van der Waals surface area contributed by atoms with Gasteiger partial charge in [0.15, 0.2) is 0 Å². The summed E-state index contributed by atoms with van der Waals surface area (Å²) >= 11 is 0. The van der Waals surface area contributed by atoms with Gasteiger partial charge in [0.05, 0.1) is 29.9 Å². The van der Waals surface area contributed by atoms with Crippen LogP contribution < -0.4 is 10.2 Å². The van der Waals surface area contributed by atoms with Gasteiger partial charge < -0.3 is 15.1 Å². The Balaban J connectivity index is 1.72. The van der Waals surface area contributed by atoms with E-state index in [-0.39, 0.29) is 5.56 Å². The first kappa shape index (κ1) is 23.8. The number of benzene rings is 1. The summed E-state index contributed by atoms with van der Waals surface area (Å²) in [7, 11) is -1.17. The van der Waals surface area contributed by atoms with Gasteiger partial charge in [0.1, 0.15) is 0 Å². The number of hydrogen-bond donors (Lipinski definition) is 1. The fraction of sp³-hybridized carbons (Fsp3) is 0.450. The van der Waals surface area contributed by atoms with Crippen molar-refractivity contribution < 1.29 is 30.7 Å². The highest BCUT2D eigenvalue weighted by Crippen LogP contribution is 2.33. The number of nitrogens with one attached hydrogen (secondary N) is 1. The lowest BCUT2D eigenvalue weighted by molar-refractivity contribution is -0.132. The van der Waals surface area contributed by atoms with Crippen molar-refractivity contribution >= 4 is 38.6 Å². The predicted octanol–water partition coefficient (Wildman–Crippen LogP) is 1.96. The van der Waals surface area contributed by atoms with Crippen LogP contribution in [0.4, 0.5) is 18.4 Å². The molecular weight excluding hydrogens is 449 g/mol. The Kier molecular flexibility index (Phi) is 6.63. The second kappa shape index (κ2) is 8.93. The fourth-order valence-electron chi connectivity index (χ4n) is 3.69. The maximum absolute atomic E-state index is 13.8. The molecule has 12 heteroatoms. The molecule has 1 unspecified atom stereocenters. The summed E-state index contributed by atoms with van der Waals surface area (Å²) in [4.78, 5) is 32.1. The first-order valence-corrected chi connectivity index (χ1v) is 11.4. The SMILES string of the molecule is CN(C)c1ccc2nccc(C(=O)NCC(=O)N3CC(F)(F)CC3CCS(=O)(=O)F)c2c1. The van der Waals surface area contributed by atoms with Crippen molar-refractivity contribution in [1.82, 2.24) is 15.2 Å². The molecule has 0 spiro atoms. The Bertz CT molecular complexity index is 1140. The van der Waals surface area contributed by atoms with E-state index in [1.165, 1.54) is 12.3 Å². The van der Waals surface area contributed by atoms with Crippen LogP contribution in [0.25, 0.3) is 10.9 Å². The number of carbonyl (C=O) groups is 2. The Labute approximate surface area is 183 Å². The Hall–Kier alpha value is -2.89. The normalized spacial score (nSPS) is 18.0. The van der Waals surface area contributed by atoms with E-state index in [1.54, 1.807) is 12.1 Å². The molecule has 0 radical (unpaired) electrons.